The largest absolute Gasteiger partial charge is 0.388 e. The SMILES string of the molecule is CCc1nccn1CC1(O)CCN(C(=O)[C@H]2CCCN2Cc2cccc(F)c2)CC1. The normalized spacial score (nSPS) is 21.8. The fourth-order valence-electron chi connectivity index (χ4n) is 4.79. The highest BCUT2D eigenvalue weighted by Crippen LogP contribution is 2.28. The van der Waals surface area contributed by atoms with Crippen LogP contribution < -0.4 is 0 Å². The van der Waals surface area contributed by atoms with Crippen LogP contribution in [0.3, 0.4) is 0 Å². The average Bonchev–Trinajstić information content (AvgIpc) is 3.37. The van der Waals surface area contributed by atoms with E-state index >= 15 is 0 Å². The Bertz CT molecular complexity index is 876. The Balaban J connectivity index is 1.35. The van der Waals surface area contributed by atoms with E-state index in [1.54, 1.807) is 18.3 Å². The van der Waals surface area contributed by atoms with Crippen molar-refractivity contribution in [3.05, 3.63) is 53.9 Å². The molecular formula is C23H31FN4O2. The topological polar surface area (TPSA) is 61.6 Å². The van der Waals surface area contributed by atoms with E-state index < -0.39 is 5.60 Å². The highest BCUT2D eigenvalue weighted by atomic mass is 19.1. The van der Waals surface area contributed by atoms with Gasteiger partial charge in [-0.15, -0.1) is 0 Å². The summed E-state index contributed by atoms with van der Waals surface area (Å²) >= 11 is 0. The van der Waals surface area contributed by atoms with Crippen LogP contribution in [0.1, 0.15) is 44.0 Å². The molecule has 2 saturated heterocycles. The number of carbonyl (C=O) groups is 1. The maximum Gasteiger partial charge on any atom is 0.239 e. The summed E-state index contributed by atoms with van der Waals surface area (Å²) in [5, 5.41) is 11.1. The van der Waals surface area contributed by atoms with Crippen LogP contribution in [0.25, 0.3) is 0 Å². The smallest absolute Gasteiger partial charge is 0.239 e. The molecule has 1 atom stereocenters. The molecule has 0 bridgehead atoms. The number of halogens is 1. The Morgan fingerprint density at radius 3 is 2.83 bits per heavy atom. The summed E-state index contributed by atoms with van der Waals surface area (Å²) in [7, 11) is 0. The molecule has 0 spiro atoms. The fraction of sp³-hybridized carbons (Fsp3) is 0.565. The second kappa shape index (κ2) is 8.86. The van der Waals surface area contributed by atoms with Gasteiger partial charge < -0.3 is 14.6 Å². The minimum atomic E-state index is -0.807. The molecule has 1 aromatic heterocycles. The molecule has 1 aromatic carbocycles. The van der Waals surface area contributed by atoms with Gasteiger partial charge in [0.05, 0.1) is 18.2 Å². The predicted octanol–water partition coefficient (Wildman–Crippen LogP) is 2.60. The van der Waals surface area contributed by atoms with Gasteiger partial charge in [0.1, 0.15) is 11.6 Å². The molecule has 7 heteroatoms. The summed E-state index contributed by atoms with van der Waals surface area (Å²) in [6.07, 6.45) is 7.46. The van der Waals surface area contributed by atoms with Gasteiger partial charge in [-0.25, -0.2) is 9.37 Å². The van der Waals surface area contributed by atoms with E-state index in [0.717, 1.165) is 37.2 Å². The first-order chi connectivity index (χ1) is 14.5. The van der Waals surface area contributed by atoms with Crippen molar-refractivity contribution < 1.29 is 14.3 Å². The van der Waals surface area contributed by atoms with Crippen molar-refractivity contribution in [3.8, 4) is 0 Å². The predicted molar refractivity (Wildman–Crippen MR) is 112 cm³/mol. The second-order valence-electron chi connectivity index (χ2n) is 8.63. The number of hydrogen-bond donors (Lipinski definition) is 1. The van der Waals surface area contributed by atoms with E-state index in [1.807, 2.05) is 21.7 Å². The first kappa shape index (κ1) is 21.0. The van der Waals surface area contributed by atoms with Crippen molar-refractivity contribution in [1.29, 1.82) is 0 Å². The number of imidazole rings is 1. The number of aliphatic hydroxyl groups is 1. The van der Waals surface area contributed by atoms with Gasteiger partial charge in [-0.3, -0.25) is 9.69 Å². The number of carbonyl (C=O) groups excluding carboxylic acids is 1. The summed E-state index contributed by atoms with van der Waals surface area (Å²) in [6.45, 7) is 5.15. The molecule has 2 fully saturated rings. The summed E-state index contributed by atoms with van der Waals surface area (Å²) in [6, 6.07) is 6.46. The number of likely N-dealkylation sites (tertiary alicyclic amines) is 2. The third-order valence-electron chi connectivity index (χ3n) is 6.51. The zero-order valence-electron chi connectivity index (χ0n) is 17.6. The summed E-state index contributed by atoms with van der Waals surface area (Å²) < 4.78 is 15.5. The summed E-state index contributed by atoms with van der Waals surface area (Å²) in [5.41, 5.74) is 0.0907. The van der Waals surface area contributed by atoms with Crippen LogP contribution in [0.5, 0.6) is 0 Å². The van der Waals surface area contributed by atoms with Crippen LogP contribution >= 0.6 is 0 Å². The van der Waals surface area contributed by atoms with Gasteiger partial charge in [0, 0.05) is 38.4 Å². The lowest BCUT2D eigenvalue weighted by atomic mass is 9.90. The maximum absolute atomic E-state index is 13.5. The Morgan fingerprint density at radius 2 is 2.10 bits per heavy atom. The lowest BCUT2D eigenvalue weighted by Crippen LogP contribution is -2.53. The second-order valence-corrected chi connectivity index (χ2v) is 8.63. The van der Waals surface area contributed by atoms with E-state index in [9.17, 15) is 14.3 Å². The molecule has 1 amide bonds. The van der Waals surface area contributed by atoms with Gasteiger partial charge in [0.15, 0.2) is 0 Å². The van der Waals surface area contributed by atoms with Gasteiger partial charge in [-0.05, 0) is 49.9 Å². The molecule has 2 aliphatic rings. The fourth-order valence-corrected chi connectivity index (χ4v) is 4.79. The Labute approximate surface area is 177 Å². The standard InChI is InChI=1S/C23H31FN4O2/c1-2-21-25-10-14-28(21)17-23(30)8-12-26(13-9-23)22(29)20-7-4-11-27(20)16-18-5-3-6-19(24)15-18/h3,5-6,10,14-15,20,30H,2,4,7-9,11-13,16-17H2,1H3/t20-/m1/s1. The first-order valence-corrected chi connectivity index (χ1v) is 11.0. The van der Waals surface area contributed by atoms with Crippen LogP contribution in [-0.2, 0) is 24.3 Å². The van der Waals surface area contributed by atoms with E-state index in [1.165, 1.54) is 6.07 Å². The van der Waals surface area contributed by atoms with E-state index in [-0.39, 0.29) is 17.8 Å². The lowest BCUT2D eigenvalue weighted by molar-refractivity contribution is -0.140. The lowest BCUT2D eigenvalue weighted by Gasteiger charge is -2.40. The number of benzene rings is 1. The molecule has 0 unspecified atom stereocenters. The molecule has 2 aromatic rings. The van der Waals surface area contributed by atoms with Crippen molar-refractivity contribution in [3.63, 3.8) is 0 Å². The number of nitrogens with zero attached hydrogens (tertiary/aromatic N) is 4. The molecule has 4 rings (SSSR count). The van der Waals surface area contributed by atoms with Crippen LogP contribution in [0.4, 0.5) is 4.39 Å². The first-order valence-electron chi connectivity index (χ1n) is 11.0. The minimum Gasteiger partial charge on any atom is -0.388 e. The number of aromatic nitrogens is 2. The quantitative estimate of drug-likeness (QED) is 0.789. The Hall–Kier alpha value is -2.25. The highest BCUT2D eigenvalue weighted by molar-refractivity contribution is 5.82. The monoisotopic (exact) mass is 414 g/mol. The minimum absolute atomic E-state index is 0.142. The molecule has 162 valence electrons. The molecule has 6 nitrogen and oxygen atoms in total. The van der Waals surface area contributed by atoms with Crippen LogP contribution in [0.2, 0.25) is 0 Å². The van der Waals surface area contributed by atoms with E-state index in [4.69, 9.17) is 0 Å². The average molecular weight is 415 g/mol. The van der Waals surface area contributed by atoms with Gasteiger partial charge in [-0.2, -0.15) is 0 Å². The highest BCUT2D eigenvalue weighted by Gasteiger charge is 2.39. The van der Waals surface area contributed by atoms with Crippen LogP contribution in [0.15, 0.2) is 36.7 Å². The van der Waals surface area contributed by atoms with Crippen molar-refractivity contribution >= 4 is 5.91 Å². The molecule has 3 heterocycles. The van der Waals surface area contributed by atoms with Crippen molar-refractivity contribution in [2.24, 2.45) is 0 Å². The van der Waals surface area contributed by atoms with Gasteiger partial charge in [-0.1, -0.05) is 19.1 Å². The molecule has 30 heavy (non-hydrogen) atoms. The van der Waals surface area contributed by atoms with E-state index in [2.05, 4.69) is 16.8 Å². The number of piperidine rings is 1. The van der Waals surface area contributed by atoms with Crippen molar-refractivity contribution in [1.82, 2.24) is 19.4 Å². The summed E-state index contributed by atoms with van der Waals surface area (Å²) in [4.78, 5) is 21.6. The maximum atomic E-state index is 13.5. The summed E-state index contributed by atoms with van der Waals surface area (Å²) in [5.74, 6) is 0.873. The zero-order valence-corrected chi connectivity index (χ0v) is 17.6. The van der Waals surface area contributed by atoms with Crippen molar-refractivity contribution in [2.45, 2.75) is 63.8 Å². The molecular weight excluding hydrogens is 383 g/mol. The molecule has 2 aliphatic heterocycles. The van der Waals surface area contributed by atoms with Gasteiger partial charge >= 0.3 is 0 Å². The Morgan fingerprint density at radius 1 is 1.30 bits per heavy atom. The molecule has 0 aliphatic carbocycles. The van der Waals surface area contributed by atoms with Crippen molar-refractivity contribution in [2.75, 3.05) is 19.6 Å². The number of aryl methyl sites for hydroxylation is 1. The third-order valence-corrected chi connectivity index (χ3v) is 6.51. The molecule has 1 N–H and O–H groups in total. The van der Waals surface area contributed by atoms with E-state index in [0.29, 0.717) is 39.0 Å². The third kappa shape index (κ3) is 4.57. The number of hydrogen-bond acceptors (Lipinski definition) is 4. The number of rotatable bonds is 6. The van der Waals surface area contributed by atoms with Gasteiger partial charge in [0.2, 0.25) is 5.91 Å². The zero-order chi connectivity index (χ0) is 21.1. The van der Waals surface area contributed by atoms with Gasteiger partial charge in [0.25, 0.3) is 0 Å². The molecule has 0 saturated carbocycles. The van der Waals surface area contributed by atoms with Crippen LogP contribution in [0, 0.1) is 5.82 Å². The number of amides is 1. The molecule has 0 radical (unpaired) electrons. The van der Waals surface area contributed by atoms with Crippen LogP contribution in [-0.4, -0.2) is 61.6 Å². The Kier molecular flexibility index (Phi) is 6.20.